The first-order valence-electron chi connectivity index (χ1n) is 12.8. The molecule has 0 bridgehead atoms. The van der Waals surface area contributed by atoms with Crippen LogP contribution in [0, 0.1) is 5.92 Å². The SMILES string of the molecule is CC.CC1CCC(n2cc(NC(=O)c3cnn4ccc(N5CCO[C@@H](C)C5)nc34)c(C(F)F)n2)CC1. The molecule has 1 atom stereocenters. The highest BCUT2D eigenvalue weighted by Gasteiger charge is 2.27. The largest absolute Gasteiger partial charge is 0.375 e. The van der Waals surface area contributed by atoms with Crippen LogP contribution in [0.1, 0.15) is 81.9 Å². The third-order valence-electron chi connectivity index (χ3n) is 6.74. The van der Waals surface area contributed by atoms with Gasteiger partial charge >= 0.3 is 0 Å². The standard InChI is InChI=1S/C23H29F2N7O2.C2H6/c1-14-3-5-16(6-4-14)32-13-18(20(29-32)21(24)25)27-23(33)17-11-26-31-8-7-19(28-22(17)31)30-9-10-34-15(2)12-30;1-2/h7-8,11,13-16,21H,3-6,9-10,12H2,1-2H3,(H,27,33);1-2H3/t14?,15-,16?;/m0./s1. The number of carbonyl (C=O) groups is 1. The number of ether oxygens (including phenoxy) is 1. The van der Waals surface area contributed by atoms with Crippen LogP contribution in [-0.4, -0.2) is 56.1 Å². The van der Waals surface area contributed by atoms with Gasteiger partial charge in [0.1, 0.15) is 11.4 Å². The van der Waals surface area contributed by atoms with E-state index in [1.807, 2.05) is 26.8 Å². The highest BCUT2D eigenvalue weighted by Crippen LogP contribution is 2.34. The van der Waals surface area contributed by atoms with E-state index in [4.69, 9.17) is 4.74 Å². The quantitative estimate of drug-likeness (QED) is 0.520. The highest BCUT2D eigenvalue weighted by molar-refractivity contribution is 6.08. The maximum atomic E-state index is 13.7. The molecule has 5 rings (SSSR count). The van der Waals surface area contributed by atoms with Crippen molar-refractivity contribution in [1.29, 1.82) is 0 Å². The van der Waals surface area contributed by atoms with Gasteiger partial charge in [0.25, 0.3) is 12.3 Å². The molecule has 0 aromatic carbocycles. The zero-order valence-electron chi connectivity index (χ0n) is 21.3. The lowest BCUT2D eigenvalue weighted by Gasteiger charge is -2.31. The highest BCUT2D eigenvalue weighted by atomic mass is 19.3. The van der Waals surface area contributed by atoms with Crippen LogP contribution in [0.4, 0.5) is 20.3 Å². The smallest absolute Gasteiger partial charge is 0.284 e. The summed E-state index contributed by atoms with van der Waals surface area (Å²) < 4.78 is 36.2. The first-order chi connectivity index (χ1) is 17.4. The lowest BCUT2D eigenvalue weighted by molar-refractivity contribution is 0.0529. The van der Waals surface area contributed by atoms with Crippen LogP contribution in [0.25, 0.3) is 5.65 Å². The van der Waals surface area contributed by atoms with E-state index in [-0.39, 0.29) is 23.4 Å². The number of halogens is 2. The predicted molar refractivity (Wildman–Crippen MR) is 134 cm³/mol. The molecular formula is C25H35F2N7O2. The number of carbonyl (C=O) groups excluding carboxylic acids is 1. The monoisotopic (exact) mass is 503 g/mol. The Morgan fingerprint density at radius 1 is 1.19 bits per heavy atom. The van der Waals surface area contributed by atoms with E-state index in [1.165, 1.54) is 16.9 Å². The van der Waals surface area contributed by atoms with E-state index in [0.29, 0.717) is 37.1 Å². The molecule has 1 saturated carbocycles. The number of alkyl halides is 2. The molecule has 4 heterocycles. The van der Waals surface area contributed by atoms with Gasteiger partial charge in [-0.25, -0.2) is 18.3 Å². The fourth-order valence-electron chi connectivity index (χ4n) is 4.77. The van der Waals surface area contributed by atoms with Gasteiger partial charge in [0.2, 0.25) is 0 Å². The van der Waals surface area contributed by atoms with Crippen molar-refractivity contribution in [2.75, 3.05) is 29.9 Å². The molecule has 3 aromatic rings. The predicted octanol–water partition coefficient (Wildman–Crippen LogP) is 5.12. The van der Waals surface area contributed by atoms with Crippen molar-refractivity contribution >= 4 is 23.1 Å². The van der Waals surface area contributed by atoms with Crippen LogP contribution < -0.4 is 10.2 Å². The average molecular weight is 504 g/mol. The van der Waals surface area contributed by atoms with Crippen molar-refractivity contribution in [2.45, 2.75) is 71.9 Å². The van der Waals surface area contributed by atoms with E-state index < -0.39 is 18.0 Å². The molecule has 11 heteroatoms. The van der Waals surface area contributed by atoms with Crippen molar-refractivity contribution in [1.82, 2.24) is 24.4 Å². The molecule has 0 radical (unpaired) electrons. The summed E-state index contributed by atoms with van der Waals surface area (Å²) in [5.41, 5.74) is 0.180. The average Bonchev–Trinajstić information content (AvgIpc) is 3.50. The summed E-state index contributed by atoms with van der Waals surface area (Å²) in [5, 5.41) is 11.0. The van der Waals surface area contributed by atoms with Crippen molar-refractivity contribution in [2.24, 2.45) is 5.92 Å². The number of morpholine rings is 1. The Bertz CT molecular complexity index is 1170. The normalized spacial score (nSPS) is 22.4. The molecule has 1 aliphatic carbocycles. The fourth-order valence-corrected chi connectivity index (χ4v) is 4.77. The van der Waals surface area contributed by atoms with Crippen molar-refractivity contribution < 1.29 is 18.3 Å². The minimum absolute atomic E-state index is 0.0242. The summed E-state index contributed by atoms with van der Waals surface area (Å²) in [6, 6.07) is 1.90. The van der Waals surface area contributed by atoms with Crippen molar-refractivity contribution in [3.63, 3.8) is 0 Å². The Morgan fingerprint density at radius 2 is 1.94 bits per heavy atom. The molecule has 0 spiro atoms. The zero-order valence-corrected chi connectivity index (χ0v) is 21.3. The van der Waals surface area contributed by atoms with Crippen molar-refractivity contribution in [3.8, 4) is 0 Å². The summed E-state index contributed by atoms with van der Waals surface area (Å²) in [7, 11) is 0. The van der Waals surface area contributed by atoms with E-state index in [1.54, 1.807) is 10.9 Å². The summed E-state index contributed by atoms with van der Waals surface area (Å²) in [5.74, 6) is 0.799. The third kappa shape index (κ3) is 5.50. The lowest BCUT2D eigenvalue weighted by Crippen LogP contribution is -2.41. The van der Waals surface area contributed by atoms with Gasteiger partial charge in [0.05, 0.1) is 30.6 Å². The number of hydrogen-bond acceptors (Lipinski definition) is 6. The van der Waals surface area contributed by atoms with Gasteiger partial charge in [-0.1, -0.05) is 20.8 Å². The second-order valence-corrected chi connectivity index (χ2v) is 9.32. The van der Waals surface area contributed by atoms with Crippen LogP contribution in [-0.2, 0) is 4.74 Å². The van der Waals surface area contributed by atoms with Gasteiger partial charge in [0.15, 0.2) is 11.3 Å². The fraction of sp³-hybridized carbons (Fsp3) is 0.600. The second kappa shape index (κ2) is 11.3. The minimum Gasteiger partial charge on any atom is -0.375 e. The molecule has 2 aliphatic rings. The molecule has 1 saturated heterocycles. The Balaban J connectivity index is 0.00000148. The number of fused-ring (bicyclic) bond motifs is 1. The molecule has 3 aromatic heterocycles. The first-order valence-corrected chi connectivity index (χ1v) is 12.8. The van der Waals surface area contributed by atoms with Gasteiger partial charge in [0, 0.05) is 25.5 Å². The molecule has 2 fully saturated rings. The number of nitrogens with zero attached hydrogens (tertiary/aromatic N) is 6. The Morgan fingerprint density at radius 3 is 2.64 bits per heavy atom. The Labute approximate surface area is 209 Å². The van der Waals surface area contributed by atoms with Gasteiger partial charge in [-0.15, -0.1) is 0 Å². The van der Waals surface area contributed by atoms with E-state index in [9.17, 15) is 13.6 Å². The van der Waals surface area contributed by atoms with Crippen LogP contribution >= 0.6 is 0 Å². The summed E-state index contributed by atoms with van der Waals surface area (Å²) >= 11 is 0. The topological polar surface area (TPSA) is 89.6 Å². The summed E-state index contributed by atoms with van der Waals surface area (Å²) in [6.45, 7) is 10.2. The maximum absolute atomic E-state index is 13.7. The van der Waals surface area contributed by atoms with Gasteiger partial charge in [-0.05, 0) is 44.6 Å². The van der Waals surface area contributed by atoms with Crippen LogP contribution in [0.15, 0.2) is 24.7 Å². The Hall–Kier alpha value is -3.08. The second-order valence-electron chi connectivity index (χ2n) is 9.32. The number of rotatable bonds is 5. The maximum Gasteiger partial charge on any atom is 0.284 e. The number of nitrogens with one attached hydrogen (secondary N) is 1. The number of aromatic nitrogens is 5. The number of anilines is 2. The van der Waals surface area contributed by atoms with E-state index in [0.717, 1.165) is 25.7 Å². The van der Waals surface area contributed by atoms with E-state index >= 15 is 0 Å². The van der Waals surface area contributed by atoms with Crippen molar-refractivity contribution in [3.05, 3.63) is 35.9 Å². The van der Waals surface area contributed by atoms with Crippen LogP contribution in [0.3, 0.4) is 0 Å². The third-order valence-corrected chi connectivity index (χ3v) is 6.74. The van der Waals surface area contributed by atoms with Gasteiger partial charge in [-0.2, -0.15) is 10.2 Å². The first kappa shape index (κ1) is 26.0. The molecule has 36 heavy (non-hydrogen) atoms. The van der Waals surface area contributed by atoms with Gasteiger partial charge < -0.3 is 15.0 Å². The molecule has 196 valence electrons. The molecule has 1 aliphatic heterocycles. The molecular weight excluding hydrogens is 468 g/mol. The number of hydrogen-bond donors (Lipinski definition) is 1. The number of amides is 1. The summed E-state index contributed by atoms with van der Waals surface area (Å²) in [6.07, 6.45) is 5.80. The molecule has 9 nitrogen and oxygen atoms in total. The zero-order chi connectivity index (χ0) is 25.8. The Kier molecular flexibility index (Phi) is 8.17. The van der Waals surface area contributed by atoms with Crippen LogP contribution in [0.2, 0.25) is 0 Å². The summed E-state index contributed by atoms with van der Waals surface area (Å²) in [4.78, 5) is 19.8. The lowest BCUT2D eigenvalue weighted by atomic mass is 9.87. The minimum atomic E-state index is -2.80. The van der Waals surface area contributed by atoms with E-state index in [2.05, 4.69) is 32.3 Å². The van der Waals surface area contributed by atoms with Gasteiger partial charge in [-0.3, -0.25) is 9.48 Å². The molecule has 0 unspecified atom stereocenters. The molecule has 1 amide bonds. The van der Waals surface area contributed by atoms with Crippen LogP contribution in [0.5, 0.6) is 0 Å². The molecule has 1 N–H and O–H groups in total.